The third-order valence-electron chi connectivity index (χ3n) is 6.43. The largest absolute Gasteiger partial charge is 0.324 e. The number of carbonyl (C=O) groups excluding carboxylic acids is 1. The number of urea groups is 1. The highest BCUT2D eigenvalue weighted by Crippen LogP contribution is 2.52. The average molecular weight is 385 g/mol. The van der Waals surface area contributed by atoms with E-state index in [9.17, 15) is 9.59 Å². The smallest absolute Gasteiger partial charge is 0.318 e. The first kappa shape index (κ1) is 16.9. The Balaban J connectivity index is 1.26. The molecule has 8 heteroatoms. The van der Waals surface area contributed by atoms with E-state index in [1.165, 1.54) is 47.9 Å². The number of anilines is 1. The zero-order chi connectivity index (χ0) is 18.5. The quantitative estimate of drug-likeness (QED) is 0.862. The van der Waals surface area contributed by atoms with E-state index in [1.807, 2.05) is 0 Å². The van der Waals surface area contributed by atoms with Crippen LogP contribution in [0.1, 0.15) is 48.6 Å². The van der Waals surface area contributed by atoms with E-state index in [1.54, 1.807) is 11.9 Å². The number of nitrogens with one attached hydrogen (secondary N) is 1. The zero-order valence-corrected chi connectivity index (χ0v) is 16.2. The van der Waals surface area contributed by atoms with Crippen LogP contribution in [0.2, 0.25) is 0 Å². The van der Waals surface area contributed by atoms with E-state index in [-0.39, 0.29) is 11.6 Å². The zero-order valence-electron chi connectivity index (χ0n) is 15.4. The number of aromatic nitrogens is 3. The minimum absolute atomic E-state index is 0.0181. The van der Waals surface area contributed by atoms with Crippen LogP contribution < -0.4 is 10.9 Å². The summed E-state index contributed by atoms with van der Waals surface area (Å²) in [6.45, 7) is 0.881. The number of carbonyl (C=O) groups is 1. The van der Waals surface area contributed by atoms with Crippen LogP contribution in [0.25, 0.3) is 0 Å². The molecule has 3 unspecified atom stereocenters. The predicted molar refractivity (Wildman–Crippen MR) is 103 cm³/mol. The van der Waals surface area contributed by atoms with Gasteiger partial charge in [-0.2, -0.15) is 0 Å². The van der Waals surface area contributed by atoms with Crippen LogP contribution in [-0.4, -0.2) is 32.0 Å². The van der Waals surface area contributed by atoms with Gasteiger partial charge in [0.1, 0.15) is 0 Å². The Hall–Kier alpha value is -2.22. The lowest BCUT2D eigenvalue weighted by molar-refractivity contribution is 0.205. The molecule has 0 radical (unpaired) electrons. The van der Waals surface area contributed by atoms with Crippen molar-refractivity contribution in [2.75, 3.05) is 11.9 Å². The molecule has 1 aliphatic heterocycles. The first-order valence-electron chi connectivity index (χ1n) is 9.63. The van der Waals surface area contributed by atoms with E-state index < -0.39 is 0 Å². The maximum atomic E-state index is 12.7. The molecular weight excluding hydrogens is 362 g/mol. The minimum Gasteiger partial charge on any atom is -0.318 e. The molecule has 2 aliphatic carbocycles. The molecule has 27 heavy (non-hydrogen) atoms. The van der Waals surface area contributed by atoms with E-state index in [0.717, 1.165) is 23.1 Å². The molecule has 7 nitrogen and oxygen atoms in total. The molecule has 0 saturated heterocycles. The van der Waals surface area contributed by atoms with Gasteiger partial charge < -0.3 is 9.47 Å². The molecule has 5 rings (SSSR count). The molecule has 1 N–H and O–H groups in total. The van der Waals surface area contributed by atoms with Gasteiger partial charge in [-0.05, 0) is 37.5 Å². The third kappa shape index (κ3) is 2.96. The fourth-order valence-electron chi connectivity index (χ4n) is 4.98. The van der Waals surface area contributed by atoms with Crippen LogP contribution in [0.15, 0.2) is 16.5 Å². The summed E-state index contributed by atoms with van der Waals surface area (Å²) >= 11 is 1.51. The molecule has 2 saturated carbocycles. The SMILES string of the molecule is Cn1cnc2c(c1=O)CCN(C(=O)Nc1nc(C3CC4CCC3C4)cs1)C2. The van der Waals surface area contributed by atoms with E-state index in [0.29, 0.717) is 36.3 Å². The molecule has 2 fully saturated rings. The standard InChI is InChI=1S/C19H23N5O2S/c1-23-10-20-15-8-24(5-4-13(15)17(23)25)19(26)22-18-21-16(9-27-18)14-7-11-2-3-12(14)6-11/h9-12,14H,2-8H2,1H3,(H,21,22,26). The normalized spacial score (nSPS) is 26.3. The van der Waals surface area contributed by atoms with Gasteiger partial charge in [-0.3, -0.25) is 10.1 Å². The van der Waals surface area contributed by atoms with Gasteiger partial charge in [0.2, 0.25) is 0 Å². The van der Waals surface area contributed by atoms with Crippen LogP contribution in [0.5, 0.6) is 0 Å². The Morgan fingerprint density at radius 3 is 3.00 bits per heavy atom. The molecule has 3 aliphatic rings. The van der Waals surface area contributed by atoms with Gasteiger partial charge in [0.05, 0.1) is 24.3 Å². The number of fused-ring (bicyclic) bond motifs is 3. The lowest BCUT2D eigenvalue weighted by Gasteiger charge is -2.27. The number of rotatable bonds is 2. The van der Waals surface area contributed by atoms with Gasteiger partial charge in [-0.15, -0.1) is 11.3 Å². The summed E-state index contributed by atoms with van der Waals surface area (Å²) in [5, 5.41) is 5.72. The van der Waals surface area contributed by atoms with Crippen molar-refractivity contribution in [3.8, 4) is 0 Å². The predicted octanol–water partition coefficient (Wildman–Crippen LogP) is 2.73. The highest BCUT2D eigenvalue weighted by Gasteiger charge is 2.41. The fourth-order valence-corrected chi connectivity index (χ4v) is 5.75. The van der Waals surface area contributed by atoms with E-state index in [2.05, 4.69) is 15.7 Å². The van der Waals surface area contributed by atoms with Gasteiger partial charge >= 0.3 is 6.03 Å². The van der Waals surface area contributed by atoms with Gasteiger partial charge in [-0.1, -0.05) is 6.42 Å². The number of amides is 2. The summed E-state index contributed by atoms with van der Waals surface area (Å²) in [7, 11) is 1.70. The van der Waals surface area contributed by atoms with Gasteiger partial charge in [-0.25, -0.2) is 14.8 Å². The molecule has 0 aromatic carbocycles. The number of hydrogen-bond donors (Lipinski definition) is 1. The Morgan fingerprint density at radius 2 is 2.22 bits per heavy atom. The minimum atomic E-state index is -0.169. The topological polar surface area (TPSA) is 80.1 Å². The summed E-state index contributed by atoms with van der Waals surface area (Å²) < 4.78 is 1.49. The lowest BCUT2D eigenvalue weighted by atomic mass is 9.87. The molecule has 142 valence electrons. The van der Waals surface area contributed by atoms with Crippen LogP contribution in [-0.2, 0) is 20.0 Å². The number of nitrogens with zero attached hydrogens (tertiary/aromatic N) is 4. The molecule has 2 aromatic rings. The van der Waals surface area contributed by atoms with Crippen molar-refractivity contribution >= 4 is 22.5 Å². The van der Waals surface area contributed by atoms with Crippen molar-refractivity contribution < 1.29 is 4.79 Å². The van der Waals surface area contributed by atoms with Crippen LogP contribution in [0.3, 0.4) is 0 Å². The Kier molecular flexibility index (Phi) is 4.03. The maximum Gasteiger partial charge on any atom is 0.324 e. The second kappa shape index (κ2) is 6.44. The number of thiazole rings is 1. The molecular formula is C19H23N5O2S. The molecule has 0 spiro atoms. The van der Waals surface area contributed by atoms with Crippen molar-refractivity contribution in [1.82, 2.24) is 19.4 Å². The highest BCUT2D eigenvalue weighted by atomic mass is 32.1. The Morgan fingerprint density at radius 1 is 1.33 bits per heavy atom. The number of aryl methyl sites for hydroxylation is 1. The molecule has 3 atom stereocenters. The first-order chi connectivity index (χ1) is 13.1. The lowest BCUT2D eigenvalue weighted by Crippen LogP contribution is -2.42. The van der Waals surface area contributed by atoms with Crippen LogP contribution in [0, 0.1) is 11.8 Å². The van der Waals surface area contributed by atoms with Crippen LogP contribution >= 0.6 is 11.3 Å². The van der Waals surface area contributed by atoms with E-state index >= 15 is 0 Å². The summed E-state index contributed by atoms with van der Waals surface area (Å²) in [5.41, 5.74) is 2.55. The van der Waals surface area contributed by atoms with E-state index in [4.69, 9.17) is 4.98 Å². The monoisotopic (exact) mass is 385 g/mol. The molecule has 2 bridgehead atoms. The summed E-state index contributed by atoms with van der Waals surface area (Å²) in [5.74, 6) is 2.24. The number of hydrogen-bond acceptors (Lipinski definition) is 5. The average Bonchev–Trinajstić information content (AvgIpc) is 3.41. The fraction of sp³-hybridized carbons (Fsp3) is 0.579. The molecule has 2 aromatic heterocycles. The second-order valence-corrected chi connectivity index (χ2v) is 8.90. The van der Waals surface area contributed by atoms with Crippen molar-refractivity contribution in [1.29, 1.82) is 0 Å². The Bertz CT molecular complexity index is 952. The molecule has 2 amide bonds. The summed E-state index contributed by atoms with van der Waals surface area (Å²) in [4.78, 5) is 35.6. The van der Waals surface area contributed by atoms with Gasteiger partial charge in [0.15, 0.2) is 5.13 Å². The third-order valence-corrected chi connectivity index (χ3v) is 7.20. The summed E-state index contributed by atoms with van der Waals surface area (Å²) in [6, 6.07) is -0.169. The van der Waals surface area contributed by atoms with Crippen LogP contribution in [0.4, 0.5) is 9.93 Å². The van der Waals surface area contributed by atoms with Gasteiger partial charge in [0, 0.05) is 30.5 Å². The van der Waals surface area contributed by atoms with Crippen molar-refractivity contribution in [3.63, 3.8) is 0 Å². The second-order valence-electron chi connectivity index (χ2n) is 8.05. The highest BCUT2D eigenvalue weighted by molar-refractivity contribution is 7.13. The van der Waals surface area contributed by atoms with Gasteiger partial charge in [0.25, 0.3) is 5.56 Å². The maximum absolute atomic E-state index is 12.7. The molecule has 3 heterocycles. The van der Waals surface area contributed by atoms with Crippen molar-refractivity contribution in [3.05, 3.63) is 39.0 Å². The first-order valence-corrected chi connectivity index (χ1v) is 10.5. The summed E-state index contributed by atoms with van der Waals surface area (Å²) in [6.07, 6.45) is 7.37. The van der Waals surface area contributed by atoms with Crippen molar-refractivity contribution in [2.45, 2.75) is 44.6 Å². The van der Waals surface area contributed by atoms with Crippen molar-refractivity contribution in [2.24, 2.45) is 18.9 Å². The Labute approximate surface area is 161 Å².